The number of benzene rings is 2. The molecule has 37 heavy (non-hydrogen) atoms. The van der Waals surface area contributed by atoms with Crippen molar-refractivity contribution in [2.45, 2.75) is 43.4 Å². The fourth-order valence-electron chi connectivity index (χ4n) is 3.44. The molecule has 0 bridgehead atoms. The number of carboxylic acids is 1. The maximum Gasteiger partial charge on any atom is 0.326 e. The van der Waals surface area contributed by atoms with E-state index in [1.807, 2.05) is 0 Å². The summed E-state index contributed by atoms with van der Waals surface area (Å²) in [6.07, 6.45) is -0.514. The van der Waals surface area contributed by atoms with Gasteiger partial charge in [0, 0.05) is 6.42 Å². The Morgan fingerprint density at radius 1 is 0.703 bits per heavy atom. The van der Waals surface area contributed by atoms with Gasteiger partial charge in [-0.25, -0.2) is 4.79 Å². The summed E-state index contributed by atoms with van der Waals surface area (Å²) < 4.78 is 0. The average Bonchev–Trinajstić information content (AvgIpc) is 2.87. The number of carbonyl (C=O) groups excluding carboxylic acids is 4. The molecule has 2 aromatic carbocycles. The first kappa shape index (κ1) is 28.9. The zero-order valence-corrected chi connectivity index (χ0v) is 20.0. The molecule has 0 radical (unpaired) electrons. The summed E-state index contributed by atoms with van der Waals surface area (Å²) in [5.41, 5.74) is 12.5. The Balaban J connectivity index is 2.04. The Bertz CT molecular complexity index is 1080. The van der Waals surface area contributed by atoms with E-state index in [9.17, 15) is 34.2 Å². The summed E-state index contributed by atoms with van der Waals surface area (Å²) in [5, 5.41) is 26.0. The highest BCUT2D eigenvalue weighted by atomic mass is 16.4. The second kappa shape index (κ2) is 14.3. The molecule has 4 unspecified atom stereocenters. The lowest BCUT2D eigenvalue weighted by Crippen LogP contribution is -2.59. The Morgan fingerprint density at radius 2 is 1.16 bits per heavy atom. The van der Waals surface area contributed by atoms with Crippen LogP contribution in [0.25, 0.3) is 0 Å². The van der Waals surface area contributed by atoms with Crippen LogP contribution in [0.1, 0.15) is 17.5 Å². The maximum atomic E-state index is 12.8. The number of hydrogen-bond acceptors (Lipinski definition) is 7. The minimum atomic E-state index is -1.55. The van der Waals surface area contributed by atoms with Crippen molar-refractivity contribution in [3.63, 3.8) is 0 Å². The third-order valence-corrected chi connectivity index (χ3v) is 5.39. The highest BCUT2D eigenvalue weighted by Crippen LogP contribution is 2.06. The van der Waals surface area contributed by atoms with Gasteiger partial charge in [0.15, 0.2) is 0 Å². The molecule has 0 aromatic heterocycles. The predicted molar refractivity (Wildman–Crippen MR) is 133 cm³/mol. The largest absolute Gasteiger partial charge is 0.480 e. The molecule has 12 heteroatoms. The van der Waals surface area contributed by atoms with Gasteiger partial charge in [0.1, 0.15) is 18.1 Å². The molecule has 9 N–H and O–H groups in total. The molecule has 0 saturated heterocycles. The van der Waals surface area contributed by atoms with E-state index < -0.39 is 66.8 Å². The van der Waals surface area contributed by atoms with E-state index in [1.165, 1.54) is 0 Å². The van der Waals surface area contributed by atoms with Crippen molar-refractivity contribution in [2.75, 3.05) is 6.61 Å². The molecule has 4 atom stereocenters. The Morgan fingerprint density at radius 3 is 1.65 bits per heavy atom. The van der Waals surface area contributed by atoms with E-state index in [4.69, 9.17) is 11.5 Å². The second-order valence-electron chi connectivity index (χ2n) is 8.36. The SMILES string of the molecule is NC(=O)CC(NC(=O)C(CO)NC(=O)C(N)Cc1ccccc1)C(=O)NC(Cc1ccccc1)C(=O)O. The van der Waals surface area contributed by atoms with Crippen LogP contribution in [0.2, 0.25) is 0 Å². The van der Waals surface area contributed by atoms with Crippen LogP contribution in [-0.2, 0) is 36.8 Å². The number of aliphatic hydroxyl groups excluding tert-OH is 1. The third-order valence-electron chi connectivity index (χ3n) is 5.39. The van der Waals surface area contributed by atoms with Crippen LogP contribution < -0.4 is 27.4 Å². The van der Waals surface area contributed by atoms with Crippen molar-refractivity contribution >= 4 is 29.6 Å². The maximum absolute atomic E-state index is 12.8. The van der Waals surface area contributed by atoms with E-state index in [-0.39, 0.29) is 12.8 Å². The summed E-state index contributed by atoms with van der Waals surface area (Å²) in [6, 6.07) is 12.0. The molecular formula is C25H31N5O7. The fraction of sp³-hybridized carbons (Fsp3) is 0.320. The highest BCUT2D eigenvalue weighted by molar-refractivity contribution is 5.96. The minimum absolute atomic E-state index is 0.0478. The number of hydrogen-bond donors (Lipinski definition) is 7. The lowest BCUT2D eigenvalue weighted by Gasteiger charge is -2.24. The minimum Gasteiger partial charge on any atom is -0.480 e. The van der Waals surface area contributed by atoms with Crippen LogP contribution in [0.5, 0.6) is 0 Å². The van der Waals surface area contributed by atoms with Gasteiger partial charge in [-0.1, -0.05) is 60.7 Å². The van der Waals surface area contributed by atoms with Gasteiger partial charge in [0.2, 0.25) is 23.6 Å². The van der Waals surface area contributed by atoms with Gasteiger partial charge >= 0.3 is 5.97 Å². The predicted octanol–water partition coefficient (Wildman–Crippen LogP) is -1.79. The van der Waals surface area contributed by atoms with Gasteiger partial charge in [-0.3, -0.25) is 19.2 Å². The van der Waals surface area contributed by atoms with Gasteiger partial charge in [-0.2, -0.15) is 0 Å². The smallest absolute Gasteiger partial charge is 0.326 e. The average molecular weight is 514 g/mol. The number of carbonyl (C=O) groups is 5. The van der Waals surface area contributed by atoms with E-state index in [1.54, 1.807) is 60.7 Å². The summed E-state index contributed by atoms with van der Waals surface area (Å²) in [4.78, 5) is 61.2. The second-order valence-corrected chi connectivity index (χ2v) is 8.36. The van der Waals surface area contributed by atoms with Crippen molar-refractivity contribution in [1.29, 1.82) is 0 Å². The molecule has 0 spiro atoms. The topological polar surface area (TPSA) is 214 Å². The van der Waals surface area contributed by atoms with Crippen molar-refractivity contribution in [1.82, 2.24) is 16.0 Å². The molecule has 0 saturated carbocycles. The number of nitrogens with two attached hydrogens (primary N) is 2. The highest BCUT2D eigenvalue weighted by Gasteiger charge is 2.31. The molecule has 2 aromatic rings. The van der Waals surface area contributed by atoms with Crippen LogP contribution in [0.4, 0.5) is 0 Å². The summed E-state index contributed by atoms with van der Waals surface area (Å²) in [7, 11) is 0. The Kier molecular flexibility index (Phi) is 11.2. The number of carboxylic acid groups (broad SMARTS) is 1. The normalized spacial score (nSPS) is 13.9. The van der Waals surface area contributed by atoms with Crippen LogP contribution >= 0.6 is 0 Å². The van der Waals surface area contributed by atoms with Gasteiger partial charge in [-0.05, 0) is 17.5 Å². The Labute approximate surface area is 213 Å². The number of nitrogens with one attached hydrogen (secondary N) is 3. The molecule has 0 heterocycles. The first-order valence-electron chi connectivity index (χ1n) is 11.5. The monoisotopic (exact) mass is 513 g/mol. The van der Waals surface area contributed by atoms with Crippen LogP contribution in [0.15, 0.2) is 60.7 Å². The Hall–Kier alpha value is -4.29. The van der Waals surface area contributed by atoms with Gasteiger partial charge in [-0.15, -0.1) is 0 Å². The van der Waals surface area contributed by atoms with Crippen molar-refractivity contribution in [3.8, 4) is 0 Å². The summed E-state index contributed by atoms with van der Waals surface area (Å²) in [6.45, 7) is -0.827. The molecule has 0 fully saturated rings. The molecule has 0 aliphatic carbocycles. The standard InChI is InChI=1S/C25H31N5O7/c26-17(11-15-7-3-1-4-8-15)22(33)30-20(14-31)24(35)28-18(13-21(27)32)23(34)29-19(25(36)37)12-16-9-5-2-6-10-16/h1-10,17-20,31H,11-14,26H2,(H2,27,32)(H,28,35)(H,29,34)(H,30,33)(H,36,37). The molecule has 0 aliphatic rings. The fourth-order valence-corrected chi connectivity index (χ4v) is 3.44. The van der Waals surface area contributed by atoms with Crippen LogP contribution in [-0.4, -0.2) is 70.6 Å². The molecule has 4 amide bonds. The lowest BCUT2D eigenvalue weighted by molar-refractivity contribution is -0.142. The molecular weight excluding hydrogens is 482 g/mol. The number of amides is 4. The number of aliphatic hydroxyl groups is 1. The quantitative estimate of drug-likeness (QED) is 0.153. The zero-order valence-electron chi connectivity index (χ0n) is 20.0. The third kappa shape index (κ3) is 9.70. The van der Waals surface area contributed by atoms with Gasteiger partial charge in [0.25, 0.3) is 0 Å². The number of primary amides is 1. The van der Waals surface area contributed by atoms with Gasteiger partial charge < -0.3 is 37.6 Å². The van der Waals surface area contributed by atoms with E-state index in [2.05, 4.69) is 16.0 Å². The van der Waals surface area contributed by atoms with E-state index >= 15 is 0 Å². The summed E-state index contributed by atoms with van der Waals surface area (Å²) in [5.74, 6) is -4.94. The number of aliphatic carboxylic acids is 1. The van der Waals surface area contributed by atoms with Crippen molar-refractivity contribution in [2.24, 2.45) is 11.5 Å². The zero-order chi connectivity index (χ0) is 27.4. The molecule has 0 aliphatic heterocycles. The number of rotatable bonds is 14. The molecule has 2 rings (SSSR count). The van der Waals surface area contributed by atoms with E-state index in [0.29, 0.717) is 5.56 Å². The molecule has 198 valence electrons. The lowest BCUT2D eigenvalue weighted by atomic mass is 10.0. The first-order chi connectivity index (χ1) is 17.6. The van der Waals surface area contributed by atoms with Gasteiger partial charge in [0.05, 0.1) is 19.1 Å². The summed E-state index contributed by atoms with van der Waals surface area (Å²) >= 11 is 0. The molecule has 12 nitrogen and oxygen atoms in total. The van der Waals surface area contributed by atoms with Crippen LogP contribution in [0.3, 0.4) is 0 Å². The first-order valence-corrected chi connectivity index (χ1v) is 11.5. The van der Waals surface area contributed by atoms with E-state index in [0.717, 1.165) is 5.56 Å². The van der Waals surface area contributed by atoms with Crippen LogP contribution in [0, 0.1) is 0 Å². The van der Waals surface area contributed by atoms with Crippen molar-refractivity contribution < 1.29 is 34.2 Å². The van der Waals surface area contributed by atoms with Crippen molar-refractivity contribution in [3.05, 3.63) is 71.8 Å².